The lowest BCUT2D eigenvalue weighted by Gasteiger charge is -2.44. The normalized spacial score (nSPS) is 25.5. The van der Waals surface area contributed by atoms with Gasteiger partial charge in [-0.2, -0.15) is 0 Å². The van der Waals surface area contributed by atoms with E-state index in [1.165, 1.54) is 12.1 Å². The van der Waals surface area contributed by atoms with Crippen molar-refractivity contribution < 1.29 is 9.18 Å². The first-order valence-electron chi connectivity index (χ1n) is 6.27. The predicted molar refractivity (Wildman–Crippen MR) is 75.9 cm³/mol. The summed E-state index contributed by atoms with van der Waals surface area (Å²) in [6.07, 6.45) is 1.41. The van der Waals surface area contributed by atoms with Crippen LogP contribution in [-0.2, 0) is 11.3 Å². The van der Waals surface area contributed by atoms with E-state index in [1.54, 1.807) is 12.1 Å². The standard InChI is InChI=1S/C14H17FN2OS/c1-9-6-14(7-9,12(16)19)13(18)17-8-10-2-4-11(15)5-3-10/h2-5,9H,6-8H2,1H3,(H2,16,19)(H,17,18). The van der Waals surface area contributed by atoms with Gasteiger partial charge >= 0.3 is 0 Å². The molecule has 0 atom stereocenters. The van der Waals surface area contributed by atoms with Crippen molar-refractivity contribution in [1.29, 1.82) is 0 Å². The summed E-state index contributed by atoms with van der Waals surface area (Å²) in [6.45, 7) is 2.43. The maximum absolute atomic E-state index is 12.8. The molecule has 102 valence electrons. The number of nitrogens with two attached hydrogens (primary N) is 1. The number of rotatable bonds is 4. The van der Waals surface area contributed by atoms with E-state index >= 15 is 0 Å². The van der Waals surface area contributed by atoms with Crippen molar-refractivity contribution in [2.24, 2.45) is 17.1 Å². The van der Waals surface area contributed by atoms with E-state index in [4.69, 9.17) is 18.0 Å². The van der Waals surface area contributed by atoms with Crippen LogP contribution >= 0.6 is 12.2 Å². The number of hydrogen-bond donors (Lipinski definition) is 2. The Morgan fingerprint density at radius 3 is 2.53 bits per heavy atom. The Balaban J connectivity index is 1.97. The van der Waals surface area contributed by atoms with E-state index in [2.05, 4.69) is 12.2 Å². The summed E-state index contributed by atoms with van der Waals surface area (Å²) in [6, 6.07) is 6.03. The van der Waals surface area contributed by atoms with E-state index < -0.39 is 5.41 Å². The molecule has 0 spiro atoms. The number of benzene rings is 1. The van der Waals surface area contributed by atoms with Gasteiger partial charge in [-0.1, -0.05) is 31.3 Å². The second kappa shape index (κ2) is 5.25. The molecule has 0 aliphatic heterocycles. The Kier molecular flexibility index (Phi) is 3.85. The monoisotopic (exact) mass is 280 g/mol. The number of nitrogens with one attached hydrogen (secondary N) is 1. The van der Waals surface area contributed by atoms with Crippen molar-refractivity contribution in [3.63, 3.8) is 0 Å². The van der Waals surface area contributed by atoms with Crippen molar-refractivity contribution in [2.45, 2.75) is 26.3 Å². The van der Waals surface area contributed by atoms with Gasteiger partial charge in [0, 0.05) is 6.54 Å². The summed E-state index contributed by atoms with van der Waals surface area (Å²) in [4.78, 5) is 12.5. The van der Waals surface area contributed by atoms with Gasteiger partial charge < -0.3 is 11.1 Å². The van der Waals surface area contributed by atoms with Crippen LogP contribution in [-0.4, -0.2) is 10.9 Å². The second-order valence-electron chi connectivity index (χ2n) is 5.27. The maximum atomic E-state index is 12.8. The van der Waals surface area contributed by atoms with Gasteiger partial charge in [0.05, 0.1) is 10.4 Å². The van der Waals surface area contributed by atoms with Crippen molar-refractivity contribution in [1.82, 2.24) is 5.32 Å². The fourth-order valence-electron chi connectivity index (χ4n) is 2.58. The minimum absolute atomic E-state index is 0.123. The fourth-order valence-corrected chi connectivity index (χ4v) is 2.84. The number of hydrogen-bond acceptors (Lipinski definition) is 2. The zero-order valence-corrected chi connectivity index (χ0v) is 11.6. The summed E-state index contributed by atoms with van der Waals surface area (Å²) >= 11 is 5.03. The molecule has 1 aliphatic carbocycles. The number of thiocarbonyl (C=S) groups is 1. The van der Waals surface area contributed by atoms with E-state index in [0.717, 1.165) is 5.56 Å². The largest absolute Gasteiger partial charge is 0.392 e. The average Bonchev–Trinajstić information content (AvgIpc) is 2.33. The molecule has 0 aromatic heterocycles. The molecular formula is C14H17FN2OS. The van der Waals surface area contributed by atoms with Crippen molar-refractivity contribution in [3.8, 4) is 0 Å². The van der Waals surface area contributed by atoms with Crippen LogP contribution in [0.2, 0.25) is 0 Å². The fraction of sp³-hybridized carbons (Fsp3) is 0.429. The number of halogens is 1. The van der Waals surface area contributed by atoms with Crippen LogP contribution < -0.4 is 11.1 Å². The minimum atomic E-state index is -0.686. The van der Waals surface area contributed by atoms with E-state index in [1.807, 2.05) is 0 Å². The van der Waals surface area contributed by atoms with Crippen LogP contribution in [0.5, 0.6) is 0 Å². The molecule has 0 radical (unpaired) electrons. The molecule has 1 fully saturated rings. The molecule has 5 heteroatoms. The molecule has 0 saturated heterocycles. The van der Waals surface area contributed by atoms with Crippen LogP contribution in [0.3, 0.4) is 0 Å². The lowest BCUT2D eigenvalue weighted by Crippen LogP contribution is -2.55. The molecule has 3 N–H and O–H groups in total. The lowest BCUT2D eigenvalue weighted by atomic mass is 9.62. The van der Waals surface area contributed by atoms with Gasteiger partial charge in [0.15, 0.2) is 0 Å². The van der Waals surface area contributed by atoms with Crippen LogP contribution in [0, 0.1) is 17.2 Å². The van der Waals surface area contributed by atoms with Crippen LogP contribution in [0.15, 0.2) is 24.3 Å². The van der Waals surface area contributed by atoms with E-state index in [9.17, 15) is 9.18 Å². The third kappa shape index (κ3) is 2.76. The molecule has 1 amide bonds. The summed E-state index contributed by atoms with van der Waals surface area (Å²) in [7, 11) is 0. The van der Waals surface area contributed by atoms with Gasteiger partial charge in [0.25, 0.3) is 0 Å². The Morgan fingerprint density at radius 2 is 2.05 bits per heavy atom. The van der Waals surface area contributed by atoms with E-state index in [0.29, 0.717) is 25.3 Å². The van der Waals surface area contributed by atoms with E-state index in [-0.39, 0.29) is 16.7 Å². The quantitative estimate of drug-likeness (QED) is 0.831. The number of carbonyl (C=O) groups excluding carboxylic acids is 1. The van der Waals surface area contributed by atoms with Gasteiger partial charge in [-0.15, -0.1) is 0 Å². The van der Waals surface area contributed by atoms with Crippen molar-refractivity contribution >= 4 is 23.1 Å². The highest BCUT2D eigenvalue weighted by Crippen LogP contribution is 2.45. The zero-order valence-electron chi connectivity index (χ0n) is 10.8. The predicted octanol–water partition coefficient (Wildman–Crippen LogP) is 2.14. The summed E-state index contributed by atoms with van der Waals surface area (Å²) in [5.74, 6) is 0.0583. The summed E-state index contributed by atoms with van der Waals surface area (Å²) in [5.41, 5.74) is 5.87. The third-order valence-electron chi connectivity index (χ3n) is 3.67. The lowest BCUT2D eigenvalue weighted by molar-refractivity contribution is -0.133. The molecule has 1 aliphatic rings. The van der Waals surface area contributed by atoms with Crippen molar-refractivity contribution in [3.05, 3.63) is 35.6 Å². The Bertz CT molecular complexity index is 495. The first kappa shape index (κ1) is 13.9. The minimum Gasteiger partial charge on any atom is -0.392 e. The Hall–Kier alpha value is -1.49. The van der Waals surface area contributed by atoms with Crippen LogP contribution in [0.1, 0.15) is 25.3 Å². The highest BCUT2D eigenvalue weighted by molar-refractivity contribution is 7.80. The van der Waals surface area contributed by atoms with Crippen LogP contribution in [0.25, 0.3) is 0 Å². The third-order valence-corrected chi connectivity index (χ3v) is 4.06. The SMILES string of the molecule is CC1CC(C(=O)NCc2ccc(F)cc2)(C(N)=S)C1. The Morgan fingerprint density at radius 1 is 1.47 bits per heavy atom. The first-order chi connectivity index (χ1) is 8.94. The Labute approximate surface area is 117 Å². The van der Waals surface area contributed by atoms with Crippen molar-refractivity contribution in [2.75, 3.05) is 0 Å². The molecular weight excluding hydrogens is 263 g/mol. The van der Waals surface area contributed by atoms with Gasteiger partial charge in [0.2, 0.25) is 5.91 Å². The molecule has 1 aromatic rings. The van der Waals surface area contributed by atoms with Gasteiger partial charge in [-0.05, 0) is 36.5 Å². The second-order valence-corrected chi connectivity index (χ2v) is 5.71. The number of amides is 1. The van der Waals surface area contributed by atoms with Gasteiger partial charge in [-0.3, -0.25) is 4.79 Å². The molecule has 19 heavy (non-hydrogen) atoms. The molecule has 0 bridgehead atoms. The topological polar surface area (TPSA) is 55.1 Å². The molecule has 3 nitrogen and oxygen atoms in total. The van der Waals surface area contributed by atoms with Gasteiger partial charge in [0.1, 0.15) is 5.82 Å². The first-order valence-corrected chi connectivity index (χ1v) is 6.67. The highest BCUT2D eigenvalue weighted by atomic mass is 32.1. The average molecular weight is 280 g/mol. The zero-order chi connectivity index (χ0) is 14.0. The molecule has 1 aromatic carbocycles. The maximum Gasteiger partial charge on any atom is 0.233 e. The van der Waals surface area contributed by atoms with Gasteiger partial charge in [-0.25, -0.2) is 4.39 Å². The summed E-state index contributed by atoms with van der Waals surface area (Å²) < 4.78 is 12.8. The smallest absolute Gasteiger partial charge is 0.233 e. The highest BCUT2D eigenvalue weighted by Gasteiger charge is 2.50. The molecule has 0 unspecified atom stereocenters. The molecule has 0 heterocycles. The molecule has 1 saturated carbocycles. The number of carbonyl (C=O) groups is 1. The van der Waals surface area contributed by atoms with Crippen LogP contribution in [0.4, 0.5) is 4.39 Å². The summed E-state index contributed by atoms with van der Waals surface area (Å²) in [5, 5.41) is 2.83. The molecule has 2 rings (SSSR count).